The van der Waals surface area contributed by atoms with Crippen molar-refractivity contribution >= 4 is 46.1 Å². The van der Waals surface area contributed by atoms with Gasteiger partial charge in [-0.25, -0.2) is 9.97 Å². The van der Waals surface area contributed by atoms with Gasteiger partial charge in [0, 0.05) is 42.7 Å². The fourth-order valence-electron chi connectivity index (χ4n) is 3.18. The Morgan fingerprint density at radius 1 is 1.17 bits per heavy atom. The van der Waals surface area contributed by atoms with Gasteiger partial charge in [0.2, 0.25) is 11.8 Å². The molecule has 8 nitrogen and oxygen atoms in total. The molecule has 1 fully saturated rings. The van der Waals surface area contributed by atoms with Crippen molar-refractivity contribution in [3.8, 4) is 0 Å². The van der Waals surface area contributed by atoms with E-state index < -0.39 is 0 Å². The normalized spacial score (nSPS) is 15.4. The molecule has 1 unspecified atom stereocenters. The fraction of sp³-hybridized carbons (Fsp3) is 0.250. The first-order valence-corrected chi connectivity index (χ1v) is 10.9. The third-order valence-corrected chi connectivity index (χ3v) is 6.02. The van der Waals surface area contributed by atoms with Gasteiger partial charge in [-0.05, 0) is 5.56 Å². The lowest BCUT2D eigenvalue weighted by Gasteiger charge is -2.25. The highest BCUT2D eigenvalue weighted by Crippen LogP contribution is 2.28. The lowest BCUT2D eigenvalue weighted by atomic mass is 10.1. The Morgan fingerprint density at radius 3 is 2.50 bits per heavy atom. The van der Waals surface area contributed by atoms with Gasteiger partial charge < -0.3 is 10.0 Å². The summed E-state index contributed by atoms with van der Waals surface area (Å²) in [6.45, 7) is 1.09. The van der Waals surface area contributed by atoms with Gasteiger partial charge in [-0.3, -0.25) is 19.3 Å². The Morgan fingerprint density at radius 2 is 1.87 bits per heavy atom. The number of benzene rings is 1. The Hall–Kier alpha value is -3.11. The van der Waals surface area contributed by atoms with Crippen molar-refractivity contribution in [1.29, 1.82) is 0 Å². The van der Waals surface area contributed by atoms with Crippen molar-refractivity contribution in [2.24, 2.45) is 5.92 Å². The number of carboxylic acid groups (broad SMARTS) is 1. The summed E-state index contributed by atoms with van der Waals surface area (Å²) in [4.78, 5) is 45.9. The van der Waals surface area contributed by atoms with E-state index in [9.17, 15) is 9.59 Å². The van der Waals surface area contributed by atoms with E-state index in [0.717, 1.165) is 10.6 Å². The van der Waals surface area contributed by atoms with Crippen LogP contribution in [0.1, 0.15) is 17.0 Å². The van der Waals surface area contributed by atoms with Crippen LogP contribution in [0.25, 0.3) is 0 Å². The predicted octanol–water partition coefficient (Wildman–Crippen LogP) is 2.88. The maximum atomic E-state index is 13.2. The Bertz CT molecular complexity index is 949. The topological polar surface area (TPSA) is 104 Å². The van der Waals surface area contributed by atoms with E-state index in [1.54, 1.807) is 22.2 Å². The van der Waals surface area contributed by atoms with E-state index in [1.807, 2.05) is 41.1 Å². The highest BCUT2D eigenvalue weighted by atomic mass is 32.1. The summed E-state index contributed by atoms with van der Waals surface area (Å²) in [7, 11) is 0. The zero-order valence-electron chi connectivity index (χ0n) is 16.0. The average molecular weight is 445 g/mol. The maximum absolute atomic E-state index is 13.2. The second kappa shape index (κ2) is 10.6. The van der Waals surface area contributed by atoms with Crippen LogP contribution in [0.15, 0.2) is 53.5 Å². The van der Waals surface area contributed by atoms with E-state index >= 15 is 0 Å². The van der Waals surface area contributed by atoms with Crippen LogP contribution in [0.5, 0.6) is 0 Å². The monoisotopic (exact) mass is 444 g/mol. The van der Waals surface area contributed by atoms with Gasteiger partial charge >= 0.3 is 0 Å². The molecule has 2 amide bonds. The van der Waals surface area contributed by atoms with E-state index in [-0.39, 0.29) is 30.6 Å². The second-order valence-corrected chi connectivity index (χ2v) is 8.28. The first-order valence-electron chi connectivity index (χ1n) is 9.11. The van der Waals surface area contributed by atoms with Gasteiger partial charge in [0.25, 0.3) is 6.47 Å². The molecule has 3 aromatic rings. The molecule has 0 aliphatic carbocycles. The second-order valence-electron chi connectivity index (χ2n) is 6.43. The zero-order chi connectivity index (χ0) is 21.3. The molecule has 4 rings (SSSR count). The lowest BCUT2D eigenvalue weighted by molar-refractivity contribution is -0.137. The van der Waals surface area contributed by atoms with Gasteiger partial charge in [-0.15, -0.1) is 22.7 Å². The van der Waals surface area contributed by atoms with E-state index in [4.69, 9.17) is 9.90 Å². The molecule has 1 N–H and O–H groups in total. The van der Waals surface area contributed by atoms with Crippen LogP contribution in [-0.4, -0.2) is 44.8 Å². The molecule has 1 aliphatic heterocycles. The molecule has 3 heterocycles. The van der Waals surface area contributed by atoms with Gasteiger partial charge in [-0.1, -0.05) is 30.3 Å². The minimum atomic E-state index is -0.356. The van der Waals surface area contributed by atoms with Crippen molar-refractivity contribution in [1.82, 2.24) is 14.9 Å². The van der Waals surface area contributed by atoms with Gasteiger partial charge in [0.05, 0.1) is 12.5 Å². The Labute approximate surface area is 181 Å². The van der Waals surface area contributed by atoms with Crippen molar-refractivity contribution in [2.45, 2.75) is 19.5 Å². The van der Waals surface area contributed by atoms with Crippen LogP contribution in [0.2, 0.25) is 0 Å². The van der Waals surface area contributed by atoms with Crippen LogP contribution < -0.4 is 4.90 Å². The first-order chi connectivity index (χ1) is 14.6. The number of aromatic nitrogens is 2. The summed E-state index contributed by atoms with van der Waals surface area (Å²) in [6.07, 6.45) is 3.64. The van der Waals surface area contributed by atoms with Crippen molar-refractivity contribution in [3.63, 3.8) is 0 Å². The molecule has 1 saturated heterocycles. The lowest BCUT2D eigenvalue weighted by Crippen LogP contribution is -2.36. The quantitative estimate of drug-likeness (QED) is 0.587. The molecule has 156 valence electrons. The highest BCUT2D eigenvalue weighted by Gasteiger charge is 2.38. The number of anilines is 1. The van der Waals surface area contributed by atoms with Crippen molar-refractivity contribution < 1.29 is 19.5 Å². The molecule has 10 heteroatoms. The summed E-state index contributed by atoms with van der Waals surface area (Å²) >= 11 is 2.94. The molecular weight excluding hydrogens is 424 g/mol. The summed E-state index contributed by atoms with van der Waals surface area (Å²) in [5.41, 5.74) is 1.06. The Balaban J connectivity index is 0.000000806. The van der Waals surface area contributed by atoms with Crippen LogP contribution in [-0.2, 0) is 27.5 Å². The third kappa shape index (κ3) is 5.49. The molecule has 0 bridgehead atoms. The van der Waals surface area contributed by atoms with Crippen LogP contribution >= 0.6 is 22.7 Å². The summed E-state index contributed by atoms with van der Waals surface area (Å²) in [5.74, 6) is -0.413. The minimum absolute atomic E-state index is 0.0125. The summed E-state index contributed by atoms with van der Waals surface area (Å²) < 4.78 is 0. The number of thiazole rings is 2. The number of carbonyl (C=O) groups is 3. The minimum Gasteiger partial charge on any atom is -0.483 e. The highest BCUT2D eigenvalue weighted by molar-refractivity contribution is 7.13. The number of rotatable bonds is 6. The van der Waals surface area contributed by atoms with Crippen molar-refractivity contribution in [2.75, 3.05) is 11.4 Å². The maximum Gasteiger partial charge on any atom is 0.290 e. The number of hydrogen-bond acceptors (Lipinski definition) is 7. The third-order valence-electron chi connectivity index (χ3n) is 4.46. The summed E-state index contributed by atoms with van der Waals surface area (Å²) in [5, 5.41) is 12.2. The number of amides is 2. The first kappa shape index (κ1) is 21.6. The van der Waals surface area contributed by atoms with Crippen LogP contribution in [0.4, 0.5) is 5.13 Å². The van der Waals surface area contributed by atoms with E-state index in [2.05, 4.69) is 9.97 Å². The molecule has 0 saturated carbocycles. The van der Waals surface area contributed by atoms with Crippen LogP contribution in [0, 0.1) is 5.92 Å². The zero-order valence-corrected chi connectivity index (χ0v) is 17.6. The number of nitrogens with zero attached hydrogens (tertiary/aromatic N) is 4. The molecule has 0 spiro atoms. The van der Waals surface area contributed by atoms with Gasteiger partial charge in [0.1, 0.15) is 5.01 Å². The Kier molecular flexibility index (Phi) is 7.63. The predicted molar refractivity (Wildman–Crippen MR) is 114 cm³/mol. The molecule has 2 aromatic heterocycles. The van der Waals surface area contributed by atoms with Crippen molar-refractivity contribution in [3.05, 3.63) is 64.1 Å². The average Bonchev–Trinajstić information content (AvgIpc) is 3.50. The molecule has 1 aromatic carbocycles. The van der Waals surface area contributed by atoms with E-state index in [1.165, 1.54) is 22.7 Å². The molecular formula is C20H20N4O4S2. The van der Waals surface area contributed by atoms with E-state index in [0.29, 0.717) is 24.8 Å². The standard InChI is InChI=1S/C19H18N4O2S2.CH2O2/c24-17-10-15(12-23(17)19-21-7-9-27-19)18(25)22(13-16-20-6-8-26-16)11-14-4-2-1-3-5-14;2-1-3/h1-9,15H,10-13H2;1H,(H,2,3). The molecule has 30 heavy (non-hydrogen) atoms. The smallest absolute Gasteiger partial charge is 0.290 e. The van der Waals surface area contributed by atoms with Crippen LogP contribution in [0.3, 0.4) is 0 Å². The largest absolute Gasteiger partial charge is 0.483 e. The molecule has 0 radical (unpaired) electrons. The number of hydrogen-bond donors (Lipinski definition) is 1. The number of carbonyl (C=O) groups excluding carboxylic acids is 2. The SMILES string of the molecule is O=C(C1CC(=O)N(c2nccs2)C1)N(Cc1ccccc1)Cc1nccs1.O=CO. The van der Waals surface area contributed by atoms with Gasteiger partial charge in [-0.2, -0.15) is 0 Å². The molecule has 1 atom stereocenters. The molecule has 1 aliphatic rings. The fourth-order valence-corrected chi connectivity index (χ4v) is 4.47. The summed E-state index contributed by atoms with van der Waals surface area (Å²) in [6, 6.07) is 9.89. The van der Waals surface area contributed by atoms with Gasteiger partial charge in [0.15, 0.2) is 5.13 Å².